The lowest BCUT2D eigenvalue weighted by Crippen LogP contribution is -2.56. The van der Waals surface area contributed by atoms with Crippen LogP contribution in [0, 0.1) is 11.6 Å². The van der Waals surface area contributed by atoms with Crippen molar-refractivity contribution in [1.82, 2.24) is 0 Å². The maximum atomic E-state index is 13.5. The van der Waals surface area contributed by atoms with Gasteiger partial charge in [0.25, 0.3) is 0 Å². The van der Waals surface area contributed by atoms with Gasteiger partial charge >= 0.3 is 0 Å². The van der Waals surface area contributed by atoms with E-state index >= 15 is 0 Å². The summed E-state index contributed by atoms with van der Waals surface area (Å²) in [5.41, 5.74) is 1.72. The van der Waals surface area contributed by atoms with Crippen LogP contribution in [0.15, 0.2) is 54.6 Å². The van der Waals surface area contributed by atoms with E-state index in [0.717, 1.165) is 16.7 Å². The second kappa shape index (κ2) is 6.74. The molecule has 6 heteroatoms. The molecule has 2 fully saturated rings. The summed E-state index contributed by atoms with van der Waals surface area (Å²) >= 11 is 0. The van der Waals surface area contributed by atoms with Crippen LogP contribution in [-0.2, 0) is 24.8 Å². The maximum Gasteiger partial charge on any atom is 0.206 e. The zero-order valence-electron chi connectivity index (χ0n) is 15.2. The molecule has 0 unspecified atom stereocenters. The monoisotopic (exact) mass is 386 g/mol. The Morgan fingerprint density at radius 2 is 1.46 bits per heavy atom. The predicted molar refractivity (Wildman–Crippen MR) is 96.9 cm³/mol. The largest absolute Gasteiger partial charge is 0.381 e. The molecule has 2 atom stereocenters. The topological polar surface area (TPSA) is 36.9 Å². The Morgan fingerprint density at radius 3 is 2.14 bits per heavy atom. The fourth-order valence-electron chi connectivity index (χ4n) is 4.16. The lowest BCUT2D eigenvalue weighted by Gasteiger charge is -2.48. The number of hydrogen-bond donors (Lipinski definition) is 0. The second-order valence-corrected chi connectivity index (χ2v) is 7.50. The van der Waals surface area contributed by atoms with Crippen LogP contribution in [0.25, 0.3) is 5.57 Å². The van der Waals surface area contributed by atoms with Crippen molar-refractivity contribution in [3.8, 4) is 0 Å². The predicted octanol–water partition coefficient (Wildman–Crippen LogP) is 4.50. The molecule has 2 aromatic carbocycles. The number of halogens is 2. The van der Waals surface area contributed by atoms with Gasteiger partial charge in [-0.1, -0.05) is 24.3 Å². The summed E-state index contributed by atoms with van der Waals surface area (Å²) in [6.07, 6.45) is 3.22. The highest BCUT2D eigenvalue weighted by Crippen LogP contribution is 2.52. The van der Waals surface area contributed by atoms with Crippen LogP contribution < -0.4 is 0 Å². The molecule has 1 aliphatic carbocycles. The number of rotatable bonds is 2. The van der Waals surface area contributed by atoms with Crippen molar-refractivity contribution in [3.05, 3.63) is 77.4 Å². The lowest BCUT2D eigenvalue weighted by molar-refractivity contribution is -0.533. The van der Waals surface area contributed by atoms with E-state index < -0.39 is 17.5 Å². The fraction of sp³-hybridized carbons (Fsp3) is 0.364. The Bertz CT molecular complexity index is 888. The van der Waals surface area contributed by atoms with Gasteiger partial charge in [-0.3, -0.25) is 0 Å². The summed E-state index contributed by atoms with van der Waals surface area (Å²) in [5, 5.41) is 0. The second-order valence-electron chi connectivity index (χ2n) is 7.50. The van der Waals surface area contributed by atoms with Gasteiger partial charge in [-0.15, -0.1) is 0 Å². The number of ether oxygens (including phenoxy) is 2. The number of benzene rings is 2. The van der Waals surface area contributed by atoms with Crippen LogP contribution in [0.3, 0.4) is 0 Å². The zero-order valence-corrected chi connectivity index (χ0v) is 15.2. The Kier molecular flexibility index (Phi) is 4.32. The lowest BCUT2D eigenvalue weighted by atomic mass is 9.86. The van der Waals surface area contributed by atoms with Gasteiger partial charge in [-0.25, -0.2) is 13.7 Å². The Morgan fingerprint density at radius 1 is 0.821 bits per heavy atom. The van der Waals surface area contributed by atoms with Crippen molar-refractivity contribution in [2.75, 3.05) is 13.2 Å². The maximum absolute atomic E-state index is 13.5. The van der Waals surface area contributed by atoms with Crippen LogP contribution in [0.2, 0.25) is 0 Å². The first-order valence-corrected chi connectivity index (χ1v) is 9.44. The van der Waals surface area contributed by atoms with Crippen molar-refractivity contribution in [2.24, 2.45) is 0 Å². The average Bonchev–Trinajstić information content (AvgIpc) is 3.09. The van der Waals surface area contributed by atoms with E-state index in [2.05, 4.69) is 0 Å². The molecule has 28 heavy (non-hydrogen) atoms. The van der Waals surface area contributed by atoms with Gasteiger partial charge in [0.2, 0.25) is 5.79 Å². The minimum Gasteiger partial charge on any atom is -0.381 e. The molecule has 3 aliphatic rings. The van der Waals surface area contributed by atoms with E-state index in [4.69, 9.17) is 19.2 Å². The van der Waals surface area contributed by atoms with E-state index in [1.165, 1.54) is 24.3 Å². The van der Waals surface area contributed by atoms with Crippen LogP contribution in [0.1, 0.15) is 30.4 Å². The van der Waals surface area contributed by atoms with Crippen LogP contribution in [0.4, 0.5) is 8.78 Å². The van der Waals surface area contributed by atoms with E-state index in [9.17, 15) is 8.78 Å². The SMILES string of the molecule is Fc1ccc(C2=C[C@H]3OC4(CCOCC4)OO[C@@]3(c3ccc(F)cc3)C2)cc1. The molecule has 0 amide bonds. The van der Waals surface area contributed by atoms with Crippen molar-refractivity contribution in [1.29, 1.82) is 0 Å². The van der Waals surface area contributed by atoms with Crippen LogP contribution in [-0.4, -0.2) is 25.1 Å². The molecule has 0 aromatic heterocycles. The highest BCUT2D eigenvalue weighted by atomic mass is 19.1. The summed E-state index contributed by atoms with van der Waals surface area (Å²) < 4.78 is 38.7. The van der Waals surface area contributed by atoms with Crippen molar-refractivity contribution in [2.45, 2.75) is 36.8 Å². The normalized spacial score (nSPS) is 28.8. The first kappa shape index (κ1) is 17.9. The van der Waals surface area contributed by atoms with Crippen LogP contribution in [0.5, 0.6) is 0 Å². The number of hydrogen-bond acceptors (Lipinski definition) is 4. The quantitative estimate of drug-likeness (QED) is 0.712. The summed E-state index contributed by atoms with van der Waals surface area (Å²) in [6, 6.07) is 12.5. The molecule has 0 radical (unpaired) electrons. The first-order valence-electron chi connectivity index (χ1n) is 9.44. The van der Waals surface area contributed by atoms with Crippen molar-refractivity contribution >= 4 is 5.57 Å². The Hall–Kier alpha value is -2.12. The molecule has 5 rings (SSSR count). The zero-order chi connectivity index (χ0) is 19.2. The average molecular weight is 386 g/mol. The first-order chi connectivity index (χ1) is 13.6. The van der Waals surface area contributed by atoms with Gasteiger partial charge < -0.3 is 9.47 Å². The summed E-state index contributed by atoms with van der Waals surface area (Å²) in [4.78, 5) is 11.9. The highest BCUT2D eigenvalue weighted by Gasteiger charge is 2.57. The Labute approximate surface area is 161 Å². The highest BCUT2D eigenvalue weighted by molar-refractivity contribution is 5.70. The minimum absolute atomic E-state index is 0.287. The van der Waals surface area contributed by atoms with Crippen LogP contribution >= 0.6 is 0 Å². The fourth-order valence-corrected chi connectivity index (χ4v) is 4.16. The molecule has 146 valence electrons. The third-order valence-electron chi connectivity index (χ3n) is 5.75. The van der Waals surface area contributed by atoms with Gasteiger partial charge in [0.1, 0.15) is 17.7 Å². The summed E-state index contributed by atoms with van der Waals surface area (Å²) in [6.45, 7) is 1.07. The van der Waals surface area contributed by atoms with Gasteiger partial charge in [-0.2, -0.15) is 4.89 Å². The molecule has 2 aromatic rings. The van der Waals surface area contributed by atoms with Crippen molar-refractivity contribution in [3.63, 3.8) is 0 Å². The molecule has 0 N–H and O–H groups in total. The minimum atomic E-state index is -0.916. The van der Waals surface area contributed by atoms with E-state index in [-0.39, 0.29) is 11.6 Å². The molecule has 2 heterocycles. The van der Waals surface area contributed by atoms with Gasteiger partial charge in [0.05, 0.1) is 13.2 Å². The smallest absolute Gasteiger partial charge is 0.206 e. The molecule has 2 saturated heterocycles. The Balaban J connectivity index is 1.53. The molecule has 1 spiro atoms. The third kappa shape index (κ3) is 2.97. The van der Waals surface area contributed by atoms with Gasteiger partial charge in [0, 0.05) is 19.3 Å². The molecular weight excluding hydrogens is 366 g/mol. The third-order valence-corrected chi connectivity index (χ3v) is 5.75. The summed E-state index contributed by atoms with van der Waals surface area (Å²) in [5.74, 6) is -1.45. The van der Waals surface area contributed by atoms with E-state index in [1.54, 1.807) is 24.3 Å². The molecule has 2 aliphatic heterocycles. The van der Waals surface area contributed by atoms with Gasteiger partial charge in [0.15, 0.2) is 5.60 Å². The van der Waals surface area contributed by atoms with E-state index in [0.29, 0.717) is 32.5 Å². The molecule has 0 bridgehead atoms. The van der Waals surface area contributed by atoms with E-state index in [1.807, 2.05) is 6.08 Å². The van der Waals surface area contributed by atoms with Crippen molar-refractivity contribution < 1.29 is 28.0 Å². The molecule has 0 saturated carbocycles. The standard InChI is InChI=1S/C22H20F2O4/c23-18-5-1-15(2-6-18)16-13-20-22(14-16,17-3-7-19(24)8-4-17)28-27-21(26-20)9-11-25-12-10-21/h1-8,13,20H,9-12,14H2/t20-,22-/m1/s1. The summed E-state index contributed by atoms with van der Waals surface area (Å²) in [7, 11) is 0. The van der Waals surface area contributed by atoms with Gasteiger partial charge in [-0.05, 0) is 47.0 Å². The molecule has 4 nitrogen and oxygen atoms in total. The molecular formula is C22H20F2O4. The number of fused-ring (bicyclic) bond motifs is 1.